The molecular weight excluding hydrogens is 230 g/mol. The van der Waals surface area contributed by atoms with Crippen LogP contribution in [0.2, 0.25) is 0 Å². The molecule has 0 aromatic carbocycles. The topological polar surface area (TPSA) is 3.24 Å². The van der Waals surface area contributed by atoms with Crippen molar-refractivity contribution in [2.24, 2.45) is 11.8 Å². The summed E-state index contributed by atoms with van der Waals surface area (Å²) in [5.41, 5.74) is 2.74. The molecule has 0 radical (unpaired) electrons. The Morgan fingerprint density at radius 3 is 1.89 bits per heavy atom. The zero-order valence-corrected chi connectivity index (χ0v) is 14.2. The van der Waals surface area contributed by atoms with Gasteiger partial charge in [-0.3, -0.25) is 0 Å². The Morgan fingerprint density at radius 1 is 0.947 bits per heavy atom. The molecule has 0 aromatic rings. The molecule has 0 unspecified atom stereocenters. The predicted molar refractivity (Wildman–Crippen MR) is 88.2 cm³/mol. The van der Waals surface area contributed by atoms with E-state index < -0.39 is 0 Å². The Kier molecular flexibility index (Phi) is 8.54. The first-order valence-electron chi connectivity index (χ1n) is 7.54. The van der Waals surface area contributed by atoms with E-state index in [2.05, 4.69) is 84.6 Å². The molecule has 0 N–H and O–H groups in total. The van der Waals surface area contributed by atoms with Gasteiger partial charge in [0.15, 0.2) is 0 Å². The third kappa shape index (κ3) is 7.92. The maximum absolute atomic E-state index is 2.50. The van der Waals surface area contributed by atoms with E-state index in [0.29, 0.717) is 17.9 Å². The van der Waals surface area contributed by atoms with Crippen molar-refractivity contribution >= 4 is 0 Å². The zero-order chi connectivity index (χ0) is 15.0. The highest BCUT2D eigenvalue weighted by atomic mass is 15.2. The molecule has 0 saturated heterocycles. The van der Waals surface area contributed by atoms with Crippen LogP contribution in [0.5, 0.6) is 0 Å². The lowest BCUT2D eigenvalue weighted by molar-refractivity contribution is 0.258. The highest BCUT2D eigenvalue weighted by molar-refractivity contribution is 5.26. The molecule has 0 bridgehead atoms. The number of rotatable bonds is 7. The lowest BCUT2D eigenvalue weighted by Crippen LogP contribution is -2.33. The minimum Gasteiger partial charge on any atom is -0.369 e. The van der Waals surface area contributed by atoms with Gasteiger partial charge in [0.2, 0.25) is 0 Å². The van der Waals surface area contributed by atoms with Crippen molar-refractivity contribution in [2.75, 3.05) is 6.54 Å². The van der Waals surface area contributed by atoms with Gasteiger partial charge in [-0.1, -0.05) is 51.5 Å². The molecule has 19 heavy (non-hydrogen) atoms. The average Bonchev–Trinajstić information content (AvgIpc) is 2.25. The van der Waals surface area contributed by atoms with Gasteiger partial charge in [0.1, 0.15) is 0 Å². The Morgan fingerprint density at radius 2 is 1.53 bits per heavy atom. The van der Waals surface area contributed by atoms with Crippen LogP contribution in [0.25, 0.3) is 0 Å². The highest BCUT2D eigenvalue weighted by Crippen LogP contribution is 2.17. The second-order valence-corrected chi connectivity index (χ2v) is 6.51. The summed E-state index contributed by atoms with van der Waals surface area (Å²) < 4.78 is 0. The Balaban J connectivity index is 5.03. The van der Waals surface area contributed by atoms with Crippen molar-refractivity contribution in [1.82, 2.24) is 4.90 Å². The molecule has 110 valence electrons. The summed E-state index contributed by atoms with van der Waals surface area (Å²) >= 11 is 0. The second-order valence-electron chi connectivity index (χ2n) is 6.51. The van der Waals surface area contributed by atoms with Gasteiger partial charge in [-0.25, -0.2) is 0 Å². The maximum Gasteiger partial charge on any atom is 0.0354 e. The molecule has 0 heterocycles. The van der Waals surface area contributed by atoms with E-state index in [1.807, 2.05) is 0 Å². The number of hydrogen-bond donors (Lipinski definition) is 0. The fraction of sp³-hybridized carbons (Fsp3) is 0.667. The minimum absolute atomic E-state index is 0.533. The summed E-state index contributed by atoms with van der Waals surface area (Å²) in [5, 5.41) is 0. The fourth-order valence-electron chi connectivity index (χ4n) is 1.96. The fourth-order valence-corrected chi connectivity index (χ4v) is 1.96. The van der Waals surface area contributed by atoms with Gasteiger partial charge in [0, 0.05) is 18.3 Å². The van der Waals surface area contributed by atoms with Crippen molar-refractivity contribution in [3.8, 4) is 0 Å². The number of hydrogen-bond acceptors (Lipinski definition) is 1. The van der Waals surface area contributed by atoms with Gasteiger partial charge in [-0.15, -0.1) is 0 Å². The minimum atomic E-state index is 0.533. The van der Waals surface area contributed by atoms with Crippen molar-refractivity contribution in [2.45, 2.75) is 61.4 Å². The van der Waals surface area contributed by atoms with Crippen LogP contribution in [0.3, 0.4) is 0 Å². The third-order valence-corrected chi connectivity index (χ3v) is 2.87. The second kappa shape index (κ2) is 9.01. The molecule has 1 nitrogen and oxygen atoms in total. The van der Waals surface area contributed by atoms with Crippen LogP contribution >= 0.6 is 0 Å². The van der Waals surface area contributed by atoms with Gasteiger partial charge in [-0.05, 0) is 45.6 Å². The predicted octanol–water partition coefficient (Wildman–Crippen LogP) is 5.42. The summed E-state index contributed by atoms with van der Waals surface area (Å²) in [6.45, 7) is 19.0. The Bertz CT molecular complexity index is 326. The summed E-state index contributed by atoms with van der Waals surface area (Å²) in [6.07, 6.45) is 8.79. The number of nitrogens with zero attached hydrogens (tertiary/aromatic N) is 1. The molecule has 0 fully saturated rings. The first-order chi connectivity index (χ1) is 8.75. The van der Waals surface area contributed by atoms with Crippen LogP contribution in [0.15, 0.2) is 35.6 Å². The van der Waals surface area contributed by atoms with Crippen LogP contribution in [0.1, 0.15) is 55.4 Å². The summed E-state index contributed by atoms with van der Waals surface area (Å²) in [6, 6.07) is 0.533. The van der Waals surface area contributed by atoms with Crippen LogP contribution in [0.4, 0.5) is 0 Å². The molecule has 0 aliphatic rings. The molecule has 0 aliphatic heterocycles. The standard InChI is InChI=1S/C18H33N/c1-14(2)11-9-10-12-18(16(5)6)19(17(7)8)13-15(3)4/h9-12,14-15,17H,13H2,1-8H3/b11-9-,12-10-. The first-order valence-corrected chi connectivity index (χ1v) is 7.54. The molecular formula is C18H33N. The smallest absolute Gasteiger partial charge is 0.0354 e. The highest BCUT2D eigenvalue weighted by Gasteiger charge is 2.13. The van der Waals surface area contributed by atoms with Gasteiger partial charge in [-0.2, -0.15) is 0 Å². The van der Waals surface area contributed by atoms with Crippen LogP contribution in [-0.4, -0.2) is 17.5 Å². The van der Waals surface area contributed by atoms with Crippen molar-refractivity contribution in [1.29, 1.82) is 0 Å². The molecule has 0 amide bonds. The van der Waals surface area contributed by atoms with Crippen LogP contribution < -0.4 is 0 Å². The number of allylic oxidation sites excluding steroid dienone is 5. The SMILES string of the molecule is CC(C)=C(/C=C\C=C/C(C)C)N(CC(C)C)C(C)C. The van der Waals surface area contributed by atoms with Crippen molar-refractivity contribution < 1.29 is 0 Å². The third-order valence-electron chi connectivity index (χ3n) is 2.87. The largest absolute Gasteiger partial charge is 0.369 e. The summed E-state index contributed by atoms with van der Waals surface area (Å²) in [7, 11) is 0. The average molecular weight is 263 g/mol. The van der Waals surface area contributed by atoms with Crippen LogP contribution in [0, 0.1) is 11.8 Å². The normalized spacial score (nSPS) is 12.4. The molecule has 0 saturated carbocycles. The molecule has 0 rings (SSSR count). The first kappa shape index (κ1) is 18.0. The molecule has 0 spiro atoms. The van der Waals surface area contributed by atoms with E-state index in [0.717, 1.165) is 6.54 Å². The molecule has 1 heteroatoms. The van der Waals surface area contributed by atoms with E-state index in [9.17, 15) is 0 Å². The lowest BCUT2D eigenvalue weighted by atomic mass is 10.1. The van der Waals surface area contributed by atoms with Crippen molar-refractivity contribution in [3.63, 3.8) is 0 Å². The van der Waals surface area contributed by atoms with Gasteiger partial charge < -0.3 is 4.90 Å². The monoisotopic (exact) mass is 263 g/mol. The van der Waals surface area contributed by atoms with Crippen molar-refractivity contribution in [3.05, 3.63) is 35.6 Å². The molecule has 0 aromatic heterocycles. The summed E-state index contributed by atoms with van der Waals surface area (Å²) in [4.78, 5) is 2.50. The quantitative estimate of drug-likeness (QED) is 0.555. The summed E-state index contributed by atoms with van der Waals surface area (Å²) in [5.74, 6) is 1.29. The maximum atomic E-state index is 2.50. The Labute approximate surface area is 121 Å². The van der Waals surface area contributed by atoms with E-state index in [1.165, 1.54) is 11.3 Å². The zero-order valence-electron chi connectivity index (χ0n) is 14.2. The van der Waals surface area contributed by atoms with E-state index >= 15 is 0 Å². The van der Waals surface area contributed by atoms with E-state index in [-0.39, 0.29) is 0 Å². The van der Waals surface area contributed by atoms with Gasteiger partial charge in [0.25, 0.3) is 0 Å². The lowest BCUT2D eigenvalue weighted by Gasteiger charge is -2.32. The van der Waals surface area contributed by atoms with Gasteiger partial charge in [0.05, 0.1) is 0 Å². The van der Waals surface area contributed by atoms with E-state index in [4.69, 9.17) is 0 Å². The molecule has 0 atom stereocenters. The van der Waals surface area contributed by atoms with Crippen LogP contribution in [-0.2, 0) is 0 Å². The van der Waals surface area contributed by atoms with E-state index in [1.54, 1.807) is 0 Å². The molecule has 0 aliphatic carbocycles. The Hall–Kier alpha value is -0.980. The van der Waals surface area contributed by atoms with Gasteiger partial charge >= 0.3 is 0 Å².